The Morgan fingerprint density at radius 2 is 1.76 bits per heavy atom. The molecule has 0 spiro atoms. The molecule has 0 bridgehead atoms. The van der Waals surface area contributed by atoms with E-state index in [2.05, 4.69) is 5.32 Å². The molecule has 6 heteroatoms. The molecule has 2 aromatic carbocycles. The minimum atomic E-state index is -3.62. The molecule has 0 heterocycles. The molecule has 0 unspecified atom stereocenters. The molecule has 2 N–H and O–H groups in total. The van der Waals surface area contributed by atoms with Crippen LogP contribution in [0.5, 0.6) is 0 Å². The monoisotopic (exact) mass is 305 g/mol. The van der Waals surface area contributed by atoms with E-state index in [1.54, 1.807) is 37.3 Å². The summed E-state index contributed by atoms with van der Waals surface area (Å²) in [5, 5.41) is 11.4. The summed E-state index contributed by atoms with van der Waals surface area (Å²) in [5.74, 6) is -1.01. The minimum absolute atomic E-state index is 0.170. The Hall–Kier alpha value is -2.34. The summed E-state index contributed by atoms with van der Waals surface area (Å²) in [6.45, 7) is 1.38. The molecule has 0 radical (unpaired) electrons. The molecule has 0 aromatic heterocycles. The Balaban J connectivity index is 2.45. The van der Waals surface area contributed by atoms with Gasteiger partial charge in [0.2, 0.25) is 9.84 Å². The van der Waals surface area contributed by atoms with Gasteiger partial charge in [0.1, 0.15) is 6.54 Å². The standard InChI is InChI=1S/C15H15NO4S/c1-11-13(16-10-15(17)18)8-5-9-14(11)21(19,20)12-6-3-2-4-7-12/h2-9,16H,10H2,1H3,(H,17,18). The van der Waals surface area contributed by atoms with Crippen LogP contribution in [0, 0.1) is 6.92 Å². The maximum absolute atomic E-state index is 12.6. The molecule has 0 atom stereocenters. The fraction of sp³-hybridized carbons (Fsp3) is 0.133. The molecular formula is C15H15NO4S. The van der Waals surface area contributed by atoms with E-state index >= 15 is 0 Å². The van der Waals surface area contributed by atoms with E-state index in [4.69, 9.17) is 5.11 Å². The third-order valence-electron chi connectivity index (χ3n) is 3.06. The van der Waals surface area contributed by atoms with Crippen LogP contribution in [0.4, 0.5) is 5.69 Å². The largest absolute Gasteiger partial charge is 0.480 e. The molecule has 2 aromatic rings. The number of hydrogen-bond acceptors (Lipinski definition) is 4. The second-order valence-electron chi connectivity index (χ2n) is 4.49. The average Bonchev–Trinajstić information content (AvgIpc) is 2.46. The number of sulfone groups is 1. The van der Waals surface area contributed by atoms with Crippen molar-refractivity contribution >= 4 is 21.5 Å². The molecule has 0 saturated heterocycles. The fourth-order valence-corrected chi connectivity index (χ4v) is 3.53. The quantitative estimate of drug-likeness (QED) is 0.885. The van der Waals surface area contributed by atoms with Crippen LogP contribution >= 0.6 is 0 Å². The van der Waals surface area contributed by atoms with E-state index in [9.17, 15) is 13.2 Å². The van der Waals surface area contributed by atoms with Gasteiger partial charge in [-0.2, -0.15) is 0 Å². The van der Waals surface area contributed by atoms with Gasteiger partial charge in [-0.25, -0.2) is 8.42 Å². The third-order valence-corrected chi connectivity index (χ3v) is 4.97. The van der Waals surface area contributed by atoms with E-state index in [0.29, 0.717) is 11.3 Å². The number of carbonyl (C=O) groups is 1. The Morgan fingerprint density at radius 3 is 2.38 bits per heavy atom. The number of hydrogen-bond donors (Lipinski definition) is 2. The smallest absolute Gasteiger partial charge is 0.322 e. The van der Waals surface area contributed by atoms with Crippen molar-refractivity contribution in [2.45, 2.75) is 16.7 Å². The maximum Gasteiger partial charge on any atom is 0.322 e. The summed E-state index contributed by atoms with van der Waals surface area (Å²) in [7, 11) is -3.62. The van der Waals surface area contributed by atoms with E-state index in [1.165, 1.54) is 18.2 Å². The maximum atomic E-state index is 12.6. The Morgan fingerprint density at radius 1 is 1.10 bits per heavy atom. The van der Waals surface area contributed by atoms with Crippen molar-refractivity contribution in [3.63, 3.8) is 0 Å². The summed E-state index contributed by atoms with van der Waals surface area (Å²) < 4.78 is 25.2. The van der Waals surface area contributed by atoms with E-state index < -0.39 is 15.8 Å². The number of benzene rings is 2. The highest BCUT2D eigenvalue weighted by Crippen LogP contribution is 2.28. The highest BCUT2D eigenvalue weighted by Gasteiger charge is 2.20. The van der Waals surface area contributed by atoms with Crippen molar-refractivity contribution < 1.29 is 18.3 Å². The lowest BCUT2D eigenvalue weighted by molar-refractivity contribution is -0.134. The first-order valence-corrected chi connectivity index (χ1v) is 7.76. The van der Waals surface area contributed by atoms with Crippen molar-refractivity contribution in [3.8, 4) is 0 Å². The Labute approximate surface area is 123 Å². The predicted octanol–water partition coefficient (Wildman–Crippen LogP) is 2.32. The molecule has 110 valence electrons. The van der Waals surface area contributed by atoms with Gasteiger partial charge in [0, 0.05) is 5.69 Å². The second-order valence-corrected chi connectivity index (χ2v) is 6.41. The van der Waals surface area contributed by atoms with E-state index in [0.717, 1.165) is 0 Å². The molecule has 2 rings (SSSR count). The number of carboxylic acids is 1. The van der Waals surface area contributed by atoms with Crippen LogP contribution in [0.25, 0.3) is 0 Å². The summed E-state index contributed by atoms with van der Waals surface area (Å²) in [6, 6.07) is 12.9. The topological polar surface area (TPSA) is 83.5 Å². The molecule has 0 amide bonds. The van der Waals surface area contributed by atoms with Gasteiger partial charge in [-0.15, -0.1) is 0 Å². The zero-order chi connectivity index (χ0) is 15.5. The fourth-order valence-electron chi connectivity index (χ4n) is 1.99. The van der Waals surface area contributed by atoms with E-state index in [-0.39, 0.29) is 16.3 Å². The van der Waals surface area contributed by atoms with Gasteiger partial charge in [-0.05, 0) is 36.8 Å². The molecule has 21 heavy (non-hydrogen) atoms. The lowest BCUT2D eigenvalue weighted by atomic mass is 10.2. The van der Waals surface area contributed by atoms with Crippen LogP contribution in [-0.2, 0) is 14.6 Å². The van der Waals surface area contributed by atoms with Crippen LogP contribution < -0.4 is 5.32 Å². The number of rotatable bonds is 5. The van der Waals surface area contributed by atoms with Crippen molar-refractivity contribution in [3.05, 3.63) is 54.1 Å². The highest BCUT2D eigenvalue weighted by molar-refractivity contribution is 7.91. The van der Waals surface area contributed by atoms with Crippen LogP contribution in [0.15, 0.2) is 58.3 Å². The van der Waals surface area contributed by atoms with Crippen LogP contribution in [0.3, 0.4) is 0 Å². The Bertz CT molecular complexity index is 754. The van der Waals surface area contributed by atoms with Gasteiger partial charge in [0.05, 0.1) is 9.79 Å². The molecule has 0 saturated carbocycles. The number of aliphatic carboxylic acids is 1. The van der Waals surface area contributed by atoms with E-state index in [1.807, 2.05) is 0 Å². The van der Waals surface area contributed by atoms with Gasteiger partial charge in [0.25, 0.3) is 0 Å². The highest BCUT2D eigenvalue weighted by atomic mass is 32.2. The lowest BCUT2D eigenvalue weighted by Gasteiger charge is -2.12. The lowest BCUT2D eigenvalue weighted by Crippen LogP contribution is -2.14. The second kappa shape index (κ2) is 5.97. The van der Waals surface area contributed by atoms with Crippen LogP contribution in [-0.4, -0.2) is 26.0 Å². The van der Waals surface area contributed by atoms with Crippen molar-refractivity contribution in [2.24, 2.45) is 0 Å². The van der Waals surface area contributed by atoms with Crippen molar-refractivity contribution in [2.75, 3.05) is 11.9 Å². The number of anilines is 1. The average molecular weight is 305 g/mol. The zero-order valence-electron chi connectivity index (χ0n) is 11.4. The van der Waals surface area contributed by atoms with Crippen LogP contribution in [0.2, 0.25) is 0 Å². The summed E-state index contributed by atoms with van der Waals surface area (Å²) >= 11 is 0. The van der Waals surface area contributed by atoms with Crippen LogP contribution in [0.1, 0.15) is 5.56 Å². The molecule has 0 aliphatic rings. The first kappa shape index (κ1) is 15.1. The molecule has 0 aliphatic carbocycles. The molecule has 0 aliphatic heterocycles. The van der Waals surface area contributed by atoms with Crippen molar-refractivity contribution in [1.82, 2.24) is 0 Å². The van der Waals surface area contributed by atoms with Gasteiger partial charge >= 0.3 is 5.97 Å². The third kappa shape index (κ3) is 3.22. The number of nitrogens with one attached hydrogen (secondary N) is 1. The normalized spacial score (nSPS) is 11.1. The molecule has 5 nitrogen and oxygen atoms in total. The first-order chi connectivity index (χ1) is 9.93. The summed E-state index contributed by atoms with van der Waals surface area (Å²) in [4.78, 5) is 11.0. The zero-order valence-corrected chi connectivity index (χ0v) is 12.2. The SMILES string of the molecule is Cc1c(NCC(=O)O)cccc1S(=O)(=O)c1ccccc1. The predicted molar refractivity (Wildman–Crippen MR) is 79.2 cm³/mol. The number of carboxylic acid groups (broad SMARTS) is 1. The van der Waals surface area contributed by atoms with Gasteiger partial charge in [-0.3, -0.25) is 4.79 Å². The molecule has 0 fully saturated rings. The van der Waals surface area contributed by atoms with Gasteiger partial charge < -0.3 is 10.4 Å². The summed E-state index contributed by atoms with van der Waals surface area (Å²) in [5.41, 5.74) is 0.997. The van der Waals surface area contributed by atoms with Gasteiger partial charge in [-0.1, -0.05) is 24.3 Å². The minimum Gasteiger partial charge on any atom is -0.480 e. The molecular weight excluding hydrogens is 290 g/mol. The first-order valence-electron chi connectivity index (χ1n) is 6.28. The van der Waals surface area contributed by atoms with Crippen molar-refractivity contribution in [1.29, 1.82) is 0 Å². The Kier molecular flexibility index (Phi) is 4.28. The summed E-state index contributed by atoms with van der Waals surface area (Å²) in [6.07, 6.45) is 0. The van der Waals surface area contributed by atoms with Gasteiger partial charge in [0.15, 0.2) is 0 Å².